The lowest BCUT2D eigenvalue weighted by Gasteiger charge is -2.31. The Morgan fingerprint density at radius 3 is 1.73 bits per heavy atom. The van der Waals surface area contributed by atoms with Crippen molar-refractivity contribution in [2.75, 3.05) is 5.75 Å². The van der Waals surface area contributed by atoms with Crippen molar-refractivity contribution in [3.8, 4) is 0 Å². The Bertz CT molecular complexity index is 129. The van der Waals surface area contributed by atoms with Crippen LogP contribution in [0.4, 0.5) is 0 Å². The fourth-order valence-corrected chi connectivity index (χ4v) is 4.27. The van der Waals surface area contributed by atoms with Crippen LogP contribution in [0.1, 0.15) is 0 Å². The van der Waals surface area contributed by atoms with Crippen LogP contribution in [-0.2, 0) is 24.4 Å². The summed E-state index contributed by atoms with van der Waals surface area (Å²) in [7, 11) is 1.18. The molecule has 9 heteroatoms. The predicted octanol–water partition coefficient (Wildman–Crippen LogP) is -4.59. The summed E-state index contributed by atoms with van der Waals surface area (Å²) in [4.78, 5) is 0. The molecule has 0 bridgehead atoms. The summed E-state index contributed by atoms with van der Waals surface area (Å²) in [6.45, 7) is 0. The zero-order chi connectivity index (χ0) is 8.91. The minimum atomic E-state index is -2.19. The van der Waals surface area contributed by atoms with Crippen molar-refractivity contribution in [2.24, 2.45) is 0 Å². The third-order valence-corrected chi connectivity index (χ3v) is 3.68. The Morgan fingerprint density at radius 2 is 1.64 bits per heavy atom. The summed E-state index contributed by atoms with van der Waals surface area (Å²) >= 11 is -2.19. The van der Waals surface area contributed by atoms with Crippen LogP contribution in [0.2, 0.25) is 0 Å². The predicted molar refractivity (Wildman–Crippen MR) is 49.6 cm³/mol. The van der Waals surface area contributed by atoms with Gasteiger partial charge >= 0.3 is 0 Å². The summed E-state index contributed by atoms with van der Waals surface area (Å²) in [5.74, 6) is -1.53. The molecule has 5 nitrogen and oxygen atoms in total. The van der Waals surface area contributed by atoms with Crippen molar-refractivity contribution >= 4 is 42.5 Å². The molecule has 0 rings (SSSR count). The van der Waals surface area contributed by atoms with E-state index in [1.807, 2.05) is 0 Å². The van der Waals surface area contributed by atoms with E-state index in [9.17, 15) is 8.76 Å². The number of hydrogen-bond acceptors (Lipinski definition) is 5. The summed E-state index contributed by atoms with van der Waals surface area (Å²) in [6.07, 6.45) is 0. The third kappa shape index (κ3) is 3.71. The first kappa shape index (κ1) is 11.6. The van der Waals surface area contributed by atoms with Gasteiger partial charge in [-0.25, -0.2) is 0 Å². The van der Waals surface area contributed by atoms with Crippen molar-refractivity contribution in [2.45, 2.75) is 5.97 Å². The first-order valence-electron chi connectivity index (χ1n) is 2.81. The average molecular weight is 231 g/mol. The molecular weight excluding hydrogens is 220 g/mol. The fourth-order valence-electron chi connectivity index (χ4n) is 0.571. The van der Waals surface area contributed by atoms with E-state index < -0.39 is 17.1 Å². The number of rotatable bonds is 5. The molecule has 0 amide bonds. The highest BCUT2D eigenvalue weighted by Crippen LogP contribution is 2.11. The van der Waals surface area contributed by atoms with Crippen molar-refractivity contribution in [3.05, 3.63) is 0 Å². The molecule has 0 fully saturated rings. The molecule has 0 aliphatic heterocycles. The average Bonchev–Trinajstić information content (AvgIpc) is 2.00. The zero-order valence-electron chi connectivity index (χ0n) is 6.66. The highest BCUT2D eigenvalue weighted by atomic mass is 32.2. The lowest BCUT2D eigenvalue weighted by Crippen LogP contribution is -2.42. The monoisotopic (exact) mass is 231 g/mol. The van der Waals surface area contributed by atoms with Crippen molar-refractivity contribution in [3.63, 3.8) is 0 Å². The molecule has 0 aromatic heterocycles. The van der Waals surface area contributed by atoms with E-state index in [2.05, 4.69) is 0 Å². The Balaban J connectivity index is 4.16. The van der Waals surface area contributed by atoms with Gasteiger partial charge in [0.1, 0.15) is 0 Å². The Labute approximate surface area is 76.7 Å². The molecular formula is C2H11O5SSi3-. The molecule has 0 saturated carbocycles. The molecule has 0 aliphatic rings. The topological polar surface area (TPSA) is 67.8 Å². The van der Waals surface area contributed by atoms with Crippen LogP contribution in [0.5, 0.6) is 0 Å². The zero-order valence-corrected chi connectivity index (χ0v) is 13.5. The summed E-state index contributed by atoms with van der Waals surface area (Å²) in [5.41, 5.74) is 0. The Morgan fingerprint density at radius 1 is 1.27 bits per heavy atom. The molecule has 1 atom stereocenters. The van der Waals surface area contributed by atoms with Gasteiger partial charge in [0.15, 0.2) is 31.5 Å². The van der Waals surface area contributed by atoms with Crippen LogP contribution >= 0.6 is 0 Å². The second-order valence-electron chi connectivity index (χ2n) is 1.74. The van der Waals surface area contributed by atoms with Gasteiger partial charge in [-0.1, -0.05) is 0 Å². The molecule has 0 aromatic carbocycles. The summed E-state index contributed by atoms with van der Waals surface area (Å²) in [5, 5.41) is 0. The fraction of sp³-hybridized carbons (Fsp3) is 1.00. The maximum atomic E-state index is 10.3. The van der Waals surface area contributed by atoms with E-state index in [4.69, 9.17) is 13.3 Å². The lowest BCUT2D eigenvalue weighted by molar-refractivity contribution is -0.230. The second kappa shape index (κ2) is 5.32. The van der Waals surface area contributed by atoms with Crippen LogP contribution in [0.15, 0.2) is 0 Å². The first-order chi connectivity index (χ1) is 5.10. The molecule has 0 N–H and O–H groups in total. The van der Waals surface area contributed by atoms with Gasteiger partial charge in [-0.15, -0.1) is 0 Å². The third-order valence-electron chi connectivity index (χ3n) is 1.23. The van der Waals surface area contributed by atoms with Gasteiger partial charge in [0, 0.05) is 0 Å². The smallest absolute Gasteiger partial charge is 0.262 e. The standard InChI is InChI=1S/C2H12O5SSi3/c3-8(4)1-2(5-9,6-10)7-11/h1H2,9-11H3,(H,3,4)/p-1. The molecule has 0 saturated heterocycles. The molecule has 1 unspecified atom stereocenters. The van der Waals surface area contributed by atoms with Crippen LogP contribution in [-0.4, -0.2) is 51.9 Å². The van der Waals surface area contributed by atoms with Gasteiger partial charge in [0.25, 0.3) is 5.97 Å². The van der Waals surface area contributed by atoms with Gasteiger partial charge in [-0.2, -0.15) is 0 Å². The van der Waals surface area contributed by atoms with Crippen molar-refractivity contribution < 1.29 is 22.0 Å². The molecule has 11 heavy (non-hydrogen) atoms. The summed E-state index contributed by atoms with van der Waals surface area (Å²) < 4.78 is 35.3. The lowest BCUT2D eigenvalue weighted by atomic mass is 10.7. The van der Waals surface area contributed by atoms with Gasteiger partial charge in [0.05, 0.1) is 5.75 Å². The van der Waals surface area contributed by atoms with Crippen LogP contribution in [0, 0.1) is 0 Å². The quantitative estimate of drug-likeness (QED) is 0.271. The van der Waals surface area contributed by atoms with Crippen molar-refractivity contribution in [1.29, 1.82) is 0 Å². The maximum absolute atomic E-state index is 10.3. The van der Waals surface area contributed by atoms with E-state index in [-0.39, 0.29) is 5.75 Å². The van der Waals surface area contributed by atoms with E-state index in [1.54, 1.807) is 0 Å². The SMILES string of the molecule is O=S([O-])CC(O[SiH3])(O[SiH3])O[SiH3]. The minimum absolute atomic E-state index is 0.247. The first-order valence-corrected chi connectivity index (χ1v) is 6.51. The van der Waals surface area contributed by atoms with E-state index in [0.29, 0.717) is 31.5 Å². The Hall–Kier alpha value is 0.641. The summed E-state index contributed by atoms with van der Waals surface area (Å²) in [6, 6.07) is 0. The maximum Gasteiger partial charge on any atom is 0.262 e. The molecule has 0 aliphatic carbocycles. The second-order valence-corrected chi connectivity index (χ2v) is 3.86. The van der Waals surface area contributed by atoms with Gasteiger partial charge in [-0.05, 0) is 11.1 Å². The molecule has 0 aromatic rings. The van der Waals surface area contributed by atoms with Crippen LogP contribution in [0.25, 0.3) is 0 Å². The van der Waals surface area contributed by atoms with Gasteiger partial charge < -0.3 is 17.8 Å². The highest BCUT2D eigenvalue weighted by Gasteiger charge is 2.27. The molecule has 0 spiro atoms. The molecule has 0 heterocycles. The van der Waals surface area contributed by atoms with Gasteiger partial charge in [0.2, 0.25) is 0 Å². The Kier molecular flexibility index (Phi) is 5.62. The van der Waals surface area contributed by atoms with Crippen LogP contribution < -0.4 is 0 Å². The van der Waals surface area contributed by atoms with Crippen LogP contribution in [0.3, 0.4) is 0 Å². The molecule has 0 radical (unpaired) electrons. The van der Waals surface area contributed by atoms with Crippen molar-refractivity contribution in [1.82, 2.24) is 0 Å². The van der Waals surface area contributed by atoms with Gasteiger partial charge in [-0.3, -0.25) is 4.21 Å². The van der Waals surface area contributed by atoms with E-state index in [0.717, 1.165) is 0 Å². The van der Waals surface area contributed by atoms with E-state index >= 15 is 0 Å². The number of hydrogen-bond donors (Lipinski definition) is 0. The van der Waals surface area contributed by atoms with E-state index in [1.165, 1.54) is 0 Å². The minimum Gasteiger partial charge on any atom is -0.772 e. The largest absolute Gasteiger partial charge is 0.772 e. The normalized spacial score (nSPS) is 20.1. The highest BCUT2D eigenvalue weighted by molar-refractivity contribution is 7.79. The molecule has 68 valence electrons.